The molecule has 6 heteroatoms. The summed E-state index contributed by atoms with van der Waals surface area (Å²) in [5.41, 5.74) is 8.69. The van der Waals surface area contributed by atoms with Crippen molar-refractivity contribution in [1.82, 2.24) is 4.72 Å². The molecule has 0 amide bonds. The Morgan fingerprint density at radius 2 is 1.71 bits per heavy atom. The number of hydrogen-bond acceptors (Lipinski definition) is 4. The van der Waals surface area contributed by atoms with Gasteiger partial charge < -0.3 is 11.1 Å². The van der Waals surface area contributed by atoms with Gasteiger partial charge in [0.25, 0.3) is 0 Å². The molecule has 0 saturated carbocycles. The van der Waals surface area contributed by atoms with Crippen molar-refractivity contribution in [2.75, 3.05) is 12.4 Å². The van der Waals surface area contributed by atoms with Crippen molar-refractivity contribution >= 4 is 15.7 Å². The third kappa shape index (κ3) is 4.04. The van der Waals surface area contributed by atoms with E-state index in [1.54, 1.807) is 24.3 Å². The zero-order chi connectivity index (χ0) is 15.3. The van der Waals surface area contributed by atoms with Gasteiger partial charge in [0.05, 0.1) is 4.90 Å². The number of hydrogen-bond donors (Lipinski definition) is 3. The Balaban J connectivity index is 2.04. The van der Waals surface area contributed by atoms with Crippen LogP contribution in [-0.4, -0.2) is 15.5 Å². The summed E-state index contributed by atoms with van der Waals surface area (Å²) in [5, 5.41) is 3.25. The number of benzene rings is 2. The molecular formula is C15H19N3O2S. The molecule has 0 saturated heterocycles. The molecule has 0 atom stereocenters. The molecule has 112 valence electrons. The van der Waals surface area contributed by atoms with Crippen molar-refractivity contribution in [3.05, 3.63) is 59.7 Å². The van der Waals surface area contributed by atoms with Crippen molar-refractivity contribution in [3.8, 4) is 0 Å². The van der Waals surface area contributed by atoms with E-state index in [1.165, 1.54) is 7.05 Å². The van der Waals surface area contributed by atoms with Crippen LogP contribution in [0.2, 0.25) is 0 Å². The van der Waals surface area contributed by atoms with Crippen molar-refractivity contribution in [1.29, 1.82) is 0 Å². The molecule has 0 spiro atoms. The Labute approximate surface area is 125 Å². The summed E-state index contributed by atoms with van der Waals surface area (Å²) in [7, 11) is -1.99. The fourth-order valence-corrected chi connectivity index (χ4v) is 2.67. The Kier molecular flexibility index (Phi) is 4.95. The SMILES string of the molecule is CNS(=O)(=O)c1ccc(NCc2cccc(CN)c2)cc1. The summed E-state index contributed by atoms with van der Waals surface area (Å²) in [6.45, 7) is 1.18. The summed E-state index contributed by atoms with van der Waals surface area (Å²) >= 11 is 0. The van der Waals surface area contributed by atoms with Gasteiger partial charge in [-0.3, -0.25) is 0 Å². The van der Waals surface area contributed by atoms with E-state index in [0.717, 1.165) is 16.8 Å². The normalized spacial score (nSPS) is 11.3. The van der Waals surface area contributed by atoms with Gasteiger partial charge in [-0.15, -0.1) is 0 Å². The predicted octanol–water partition coefficient (Wildman–Crippen LogP) is 1.67. The molecule has 0 bridgehead atoms. The van der Waals surface area contributed by atoms with Crippen molar-refractivity contribution in [2.45, 2.75) is 18.0 Å². The maximum Gasteiger partial charge on any atom is 0.240 e. The molecule has 5 nitrogen and oxygen atoms in total. The van der Waals surface area contributed by atoms with E-state index in [0.29, 0.717) is 13.1 Å². The summed E-state index contributed by atoms with van der Waals surface area (Å²) in [6, 6.07) is 14.7. The van der Waals surface area contributed by atoms with E-state index in [4.69, 9.17) is 5.73 Å². The number of sulfonamides is 1. The van der Waals surface area contributed by atoms with Crippen LogP contribution in [-0.2, 0) is 23.1 Å². The van der Waals surface area contributed by atoms with Gasteiger partial charge in [-0.05, 0) is 42.4 Å². The predicted molar refractivity (Wildman–Crippen MR) is 84.3 cm³/mol. The number of rotatable bonds is 6. The topological polar surface area (TPSA) is 84.2 Å². The summed E-state index contributed by atoms with van der Waals surface area (Å²) < 4.78 is 25.5. The Hall–Kier alpha value is -1.89. The molecule has 0 heterocycles. The monoisotopic (exact) mass is 305 g/mol. The fraction of sp³-hybridized carbons (Fsp3) is 0.200. The lowest BCUT2D eigenvalue weighted by Gasteiger charge is -2.09. The minimum Gasteiger partial charge on any atom is -0.381 e. The second-order valence-corrected chi connectivity index (χ2v) is 6.50. The maximum absolute atomic E-state index is 11.6. The van der Waals surface area contributed by atoms with E-state index < -0.39 is 10.0 Å². The highest BCUT2D eigenvalue weighted by Crippen LogP contribution is 2.15. The molecule has 2 aromatic carbocycles. The standard InChI is InChI=1S/C15H19N3O2S/c1-17-21(19,20)15-7-5-14(6-8-15)18-11-13-4-2-3-12(9-13)10-16/h2-9,17-18H,10-11,16H2,1H3. The lowest BCUT2D eigenvalue weighted by atomic mass is 10.1. The van der Waals surface area contributed by atoms with Gasteiger partial charge in [0.15, 0.2) is 0 Å². The van der Waals surface area contributed by atoms with Crippen molar-refractivity contribution < 1.29 is 8.42 Å². The first-order valence-electron chi connectivity index (χ1n) is 6.60. The van der Waals surface area contributed by atoms with Crippen molar-refractivity contribution in [2.24, 2.45) is 5.73 Å². The summed E-state index contributed by atoms with van der Waals surface area (Å²) in [5.74, 6) is 0. The smallest absolute Gasteiger partial charge is 0.240 e. The zero-order valence-corrected chi connectivity index (χ0v) is 12.7. The van der Waals surface area contributed by atoms with E-state index in [9.17, 15) is 8.42 Å². The molecule has 0 aliphatic heterocycles. The summed E-state index contributed by atoms with van der Waals surface area (Å²) in [6.07, 6.45) is 0. The van der Waals surface area contributed by atoms with E-state index >= 15 is 0 Å². The zero-order valence-electron chi connectivity index (χ0n) is 11.8. The van der Waals surface area contributed by atoms with Crippen molar-refractivity contribution in [3.63, 3.8) is 0 Å². The first-order valence-corrected chi connectivity index (χ1v) is 8.09. The fourth-order valence-electron chi connectivity index (χ4n) is 1.94. The molecule has 2 rings (SSSR count). The third-order valence-corrected chi connectivity index (χ3v) is 4.59. The maximum atomic E-state index is 11.6. The molecule has 2 aromatic rings. The average molecular weight is 305 g/mol. The van der Waals surface area contributed by atoms with Crippen LogP contribution < -0.4 is 15.8 Å². The molecule has 4 N–H and O–H groups in total. The van der Waals surface area contributed by atoms with Crippen LogP contribution in [0, 0.1) is 0 Å². The van der Waals surface area contributed by atoms with Gasteiger partial charge in [-0.25, -0.2) is 13.1 Å². The number of nitrogens with one attached hydrogen (secondary N) is 2. The Morgan fingerprint density at radius 1 is 1.05 bits per heavy atom. The van der Waals surface area contributed by atoms with E-state index in [1.807, 2.05) is 24.3 Å². The minimum atomic E-state index is -3.38. The van der Waals surface area contributed by atoms with Gasteiger partial charge in [0, 0.05) is 18.8 Å². The number of nitrogens with two attached hydrogens (primary N) is 1. The highest BCUT2D eigenvalue weighted by Gasteiger charge is 2.10. The van der Waals surface area contributed by atoms with Gasteiger partial charge >= 0.3 is 0 Å². The molecule has 0 aromatic heterocycles. The van der Waals surface area contributed by atoms with E-state index in [-0.39, 0.29) is 4.90 Å². The minimum absolute atomic E-state index is 0.251. The Morgan fingerprint density at radius 3 is 2.33 bits per heavy atom. The molecule has 0 fully saturated rings. The van der Waals surface area contributed by atoms with Crippen LogP contribution in [0.15, 0.2) is 53.4 Å². The number of anilines is 1. The molecule has 0 radical (unpaired) electrons. The van der Waals surface area contributed by atoms with Crippen LogP contribution in [0.25, 0.3) is 0 Å². The largest absolute Gasteiger partial charge is 0.381 e. The first-order chi connectivity index (χ1) is 10.0. The lowest BCUT2D eigenvalue weighted by molar-refractivity contribution is 0.588. The van der Waals surface area contributed by atoms with Crippen LogP contribution in [0.3, 0.4) is 0 Å². The highest BCUT2D eigenvalue weighted by molar-refractivity contribution is 7.89. The van der Waals surface area contributed by atoms with Crippen LogP contribution >= 0.6 is 0 Å². The molecule has 21 heavy (non-hydrogen) atoms. The second kappa shape index (κ2) is 6.71. The Bertz CT molecular complexity index is 697. The van der Waals surface area contributed by atoms with Gasteiger partial charge in [-0.2, -0.15) is 0 Å². The second-order valence-electron chi connectivity index (χ2n) is 4.61. The van der Waals surface area contributed by atoms with Gasteiger partial charge in [0.2, 0.25) is 10.0 Å². The molecular weight excluding hydrogens is 286 g/mol. The van der Waals surface area contributed by atoms with Gasteiger partial charge in [-0.1, -0.05) is 24.3 Å². The summed E-state index contributed by atoms with van der Waals surface area (Å²) in [4.78, 5) is 0.251. The van der Waals surface area contributed by atoms with Gasteiger partial charge in [0.1, 0.15) is 0 Å². The molecule has 0 unspecified atom stereocenters. The first kappa shape index (κ1) is 15.5. The third-order valence-electron chi connectivity index (χ3n) is 3.16. The van der Waals surface area contributed by atoms with Crippen LogP contribution in [0.1, 0.15) is 11.1 Å². The van der Waals surface area contributed by atoms with E-state index in [2.05, 4.69) is 10.0 Å². The van der Waals surface area contributed by atoms with Crippen LogP contribution in [0.5, 0.6) is 0 Å². The quantitative estimate of drug-likeness (QED) is 0.758. The van der Waals surface area contributed by atoms with Crippen LogP contribution in [0.4, 0.5) is 5.69 Å². The lowest BCUT2D eigenvalue weighted by Crippen LogP contribution is -2.18. The average Bonchev–Trinajstić information content (AvgIpc) is 2.53. The molecule has 0 aliphatic rings. The highest BCUT2D eigenvalue weighted by atomic mass is 32.2. The molecule has 0 aliphatic carbocycles.